The molecule has 1 heterocycles. The van der Waals surface area contributed by atoms with Gasteiger partial charge in [0.15, 0.2) is 11.5 Å². The van der Waals surface area contributed by atoms with Crippen LogP contribution < -0.4 is 15.2 Å². The molecule has 1 fully saturated rings. The Morgan fingerprint density at radius 1 is 1.22 bits per heavy atom. The van der Waals surface area contributed by atoms with Gasteiger partial charge in [-0.15, -0.1) is 0 Å². The third kappa shape index (κ3) is 3.62. The maximum atomic E-state index is 13.1. The number of ether oxygens (including phenoxy) is 2. The van der Waals surface area contributed by atoms with Crippen LogP contribution in [0.5, 0.6) is 11.5 Å². The molecule has 0 spiro atoms. The number of aryl methyl sites for hydroxylation is 1. The Balaban J connectivity index is 2.45. The number of piperidine rings is 1. The molecule has 0 radical (unpaired) electrons. The van der Waals surface area contributed by atoms with E-state index in [2.05, 4.69) is 0 Å². The summed E-state index contributed by atoms with van der Waals surface area (Å²) in [6.45, 7) is 2.80. The van der Waals surface area contributed by atoms with Gasteiger partial charge in [-0.2, -0.15) is 4.31 Å². The van der Waals surface area contributed by atoms with Gasteiger partial charge in [-0.05, 0) is 44.4 Å². The molecule has 2 rings (SSSR count). The van der Waals surface area contributed by atoms with E-state index in [4.69, 9.17) is 15.2 Å². The highest BCUT2D eigenvalue weighted by Crippen LogP contribution is 2.35. The van der Waals surface area contributed by atoms with Crippen molar-refractivity contribution in [1.29, 1.82) is 0 Å². The fraction of sp³-hybridized carbons (Fsp3) is 0.625. The van der Waals surface area contributed by atoms with Crippen LogP contribution in [0.2, 0.25) is 0 Å². The quantitative estimate of drug-likeness (QED) is 0.854. The lowest BCUT2D eigenvalue weighted by Gasteiger charge is -2.35. The van der Waals surface area contributed by atoms with Crippen LogP contribution in [0.1, 0.15) is 31.2 Å². The van der Waals surface area contributed by atoms with Crippen molar-refractivity contribution in [3.05, 3.63) is 17.7 Å². The first-order valence-electron chi connectivity index (χ1n) is 7.90. The maximum absolute atomic E-state index is 13.1. The number of hydrogen-bond donors (Lipinski definition) is 1. The van der Waals surface area contributed by atoms with E-state index in [0.29, 0.717) is 36.6 Å². The molecule has 1 aromatic carbocycles. The zero-order valence-corrected chi connectivity index (χ0v) is 14.9. The molecule has 1 aliphatic heterocycles. The third-order valence-electron chi connectivity index (χ3n) is 4.34. The summed E-state index contributed by atoms with van der Waals surface area (Å²) in [5.74, 6) is 0.949. The van der Waals surface area contributed by atoms with Crippen LogP contribution in [0.15, 0.2) is 17.0 Å². The zero-order chi connectivity index (χ0) is 17.0. The molecule has 0 saturated carbocycles. The minimum atomic E-state index is -3.58. The highest BCUT2D eigenvalue weighted by atomic mass is 32.2. The summed E-state index contributed by atoms with van der Waals surface area (Å²) in [7, 11) is -0.543. The van der Waals surface area contributed by atoms with E-state index in [1.165, 1.54) is 14.2 Å². The van der Waals surface area contributed by atoms with Crippen molar-refractivity contribution in [2.45, 2.75) is 43.5 Å². The number of hydrogen-bond acceptors (Lipinski definition) is 5. The van der Waals surface area contributed by atoms with Gasteiger partial charge in [0.05, 0.1) is 19.1 Å². The van der Waals surface area contributed by atoms with E-state index < -0.39 is 10.0 Å². The first-order valence-corrected chi connectivity index (χ1v) is 9.34. The molecule has 0 aliphatic carbocycles. The van der Waals surface area contributed by atoms with Crippen LogP contribution >= 0.6 is 0 Å². The lowest BCUT2D eigenvalue weighted by atomic mass is 10.0. The average Bonchev–Trinajstić information content (AvgIpc) is 2.55. The Bertz CT molecular complexity index is 644. The lowest BCUT2D eigenvalue weighted by molar-refractivity contribution is 0.243. The summed E-state index contributed by atoms with van der Waals surface area (Å²) >= 11 is 0. The molecular formula is C16H26N2O4S. The molecule has 0 aromatic heterocycles. The summed E-state index contributed by atoms with van der Waals surface area (Å²) in [6, 6.07) is 3.23. The molecule has 130 valence electrons. The average molecular weight is 342 g/mol. The predicted octanol–water partition coefficient (Wildman–Crippen LogP) is 1.90. The Morgan fingerprint density at radius 2 is 1.87 bits per heavy atom. The smallest absolute Gasteiger partial charge is 0.243 e. The molecule has 1 unspecified atom stereocenters. The fourth-order valence-electron chi connectivity index (χ4n) is 3.14. The summed E-state index contributed by atoms with van der Waals surface area (Å²) in [4.78, 5) is 0.277. The standard InChI is InChI=1S/C16H26N2O4S/c1-12-10-14(21-2)15(22-3)11-16(12)23(19,20)18-9-5-4-6-13(18)7-8-17/h10-11,13H,4-9,17H2,1-3H3. The van der Waals surface area contributed by atoms with Gasteiger partial charge in [0.2, 0.25) is 10.0 Å². The molecule has 7 heteroatoms. The van der Waals surface area contributed by atoms with Crippen LogP contribution in [0.3, 0.4) is 0 Å². The van der Waals surface area contributed by atoms with E-state index in [9.17, 15) is 8.42 Å². The molecule has 0 amide bonds. The van der Waals surface area contributed by atoms with Crippen molar-refractivity contribution in [3.8, 4) is 11.5 Å². The van der Waals surface area contributed by atoms with Gasteiger partial charge in [0.1, 0.15) is 0 Å². The van der Waals surface area contributed by atoms with Crippen molar-refractivity contribution in [2.24, 2.45) is 5.73 Å². The van der Waals surface area contributed by atoms with Gasteiger partial charge in [-0.3, -0.25) is 0 Å². The van der Waals surface area contributed by atoms with Crippen LogP contribution in [0.25, 0.3) is 0 Å². The Morgan fingerprint density at radius 3 is 2.48 bits per heavy atom. The molecule has 1 atom stereocenters. The Hall–Kier alpha value is -1.31. The van der Waals surface area contributed by atoms with Gasteiger partial charge in [0.25, 0.3) is 0 Å². The second-order valence-electron chi connectivity index (χ2n) is 5.82. The molecule has 1 aliphatic rings. The van der Waals surface area contributed by atoms with Crippen LogP contribution in [0, 0.1) is 6.92 Å². The van der Waals surface area contributed by atoms with Crippen molar-refractivity contribution >= 4 is 10.0 Å². The predicted molar refractivity (Wildman–Crippen MR) is 89.5 cm³/mol. The zero-order valence-electron chi connectivity index (χ0n) is 14.0. The molecule has 23 heavy (non-hydrogen) atoms. The van der Waals surface area contributed by atoms with Crippen molar-refractivity contribution in [2.75, 3.05) is 27.3 Å². The minimum Gasteiger partial charge on any atom is -0.493 e. The van der Waals surface area contributed by atoms with Gasteiger partial charge >= 0.3 is 0 Å². The van der Waals surface area contributed by atoms with E-state index in [-0.39, 0.29) is 10.9 Å². The molecule has 1 aromatic rings. The van der Waals surface area contributed by atoms with E-state index >= 15 is 0 Å². The fourth-order valence-corrected chi connectivity index (χ4v) is 5.08. The lowest BCUT2D eigenvalue weighted by Crippen LogP contribution is -2.44. The van der Waals surface area contributed by atoms with E-state index in [1.54, 1.807) is 23.4 Å². The number of sulfonamides is 1. The molecule has 6 nitrogen and oxygen atoms in total. The van der Waals surface area contributed by atoms with Crippen LogP contribution in [0.4, 0.5) is 0 Å². The SMILES string of the molecule is COc1cc(C)c(S(=O)(=O)N2CCCCC2CCN)cc1OC. The highest BCUT2D eigenvalue weighted by Gasteiger charge is 2.34. The largest absolute Gasteiger partial charge is 0.493 e. The normalized spacial score (nSPS) is 19.6. The second-order valence-corrected chi connectivity index (χ2v) is 7.67. The van der Waals surface area contributed by atoms with E-state index in [0.717, 1.165) is 19.3 Å². The maximum Gasteiger partial charge on any atom is 0.243 e. The highest BCUT2D eigenvalue weighted by molar-refractivity contribution is 7.89. The van der Waals surface area contributed by atoms with Gasteiger partial charge in [-0.1, -0.05) is 6.42 Å². The number of rotatable bonds is 6. The number of benzene rings is 1. The number of methoxy groups -OCH3 is 2. The van der Waals surface area contributed by atoms with Crippen LogP contribution in [-0.2, 0) is 10.0 Å². The summed E-state index contributed by atoms with van der Waals surface area (Å²) in [5.41, 5.74) is 6.31. The monoisotopic (exact) mass is 342 g/mol. The number of nitrogens with two attached hydrogens (primary N) is 1. The minimum absolute atomic E-state index is 0.0220. The second kappa shape index (κ2) is 7.51. The molecule has 0 bridgehead atoms. The molecular weight excluding hydrogens is 316 g/mol. The first kappa shape index (κ1) is 18.0. The molecule has 1 saturated heterocycles. The van der Waals surface area contributed by atoms with E-state index in [1.807, 2.05) is 0 Å². The summed E-state index contributed by atoms with van der Waals surface area (Å²) < 4.78 is 38.4. The third-order valence-corrected chi connectivity index (χ3v) is 6.43. The van der Waals surface area contributed by atoms with Crippen LogP contribution in [-0.4, -0.2) is 46.1 Å². The Kier molecular flexibility index (Phi) is 5.89. The summed E-state index contributed by atoms with van der Waals surface area (Å²) in [5, 5.41) is 0. The number of nitrogens with zero attached hydrogens (tertiary/aromatic N) is 1. The first-order chi connectivity index (χ1) is 11.0. The van der Waals surface area contributed by atoms with Gasteiger partial charge in [0, 0.05) is 18.7 Å². The van der Waals surface area contributed by atoms with Crippen molar-refractivity contribution in [3.63, 3.8) is 0 Å². The molecule has 2 N–H and O–H groups in total. The Labute approximate surface area is 138 Å². The van der Waals surface area contributed by atoms with Gasteiger partial charge < -0.3 is 15.2 Å². The topological polar surface area (TPSA) is 81.9 Å². The van der Waals surface area contributed by atoms with Gasteiger partial charge in [-0.25, -0.2) is 8.42 Å². The summed E-state index contributed by atoms with van der Waals surface area (Å²) in [6.07, 6.45) is 3.47. The van der Waals surface area contributed by atoms with Crippen molar-refractivity contribution in [1.82, 2.24) is 4.31 Å². The van der Waals surface area contributed by atoms with Crippen molar-refractivity contribution < 1.29 is 17.9 Å².